The molecule has 3 aromatic rings. The fourth-order valence-electron chi connectivity index (χ4n) is 7.86. The lowest BCUT2D eigenvalue weighted by molar-refractivity contribution is -0.163. The Balaban J connectivity index is 1.28. The fraction of sp³-hybridized carbons (Fsp3) is 0.472. The number of H-pyrrole nitrogens is 1. The van der Waals surface area contributed by atoms with Gasteiger partial charge in [-0.2, -0.15) is 0 Å². The van der Waals surface area contributed by atoms with Gasteiger partial charge in [-0.15, -0.1) is 0 Å². The van der Waals surface area contributed by atoms with E-state index < -0.39 is 17.6 Å². The summed E-state index contributed by atoms with van der Waals surface area (Å²) in [4.78, 5) is 47.7. The molecule has 3 aliphatic rings. The first-order chi connectivity index (χ1) is 21.2. The van der Waals surface area contributed by atoms with Gasteiger partial charge in [-0.05, 0) is 73.9 Å². The highest BCUT2D eigenvalue weighted by atomic mass is 16.4. The number of carboxylic acids is 1. The zero-order valence-corrected chi connectivity index (χ0v) is 25.9. The van der Waals surface area contributed by atoms with Gasteiger partial charge in [0.15, 0.2) is 0 Å². The summed E-state index contributed by atoms with van der Waals surface area (Å²) in [5.74, 6) is -0.446. The second kappa shape index (κ2) is 12.6. The van der Waals surface area contributed by atoms with Crippen molar-refractivity contribution in [2.75, 3.05) is 13.1 Å². The van der Waals surface area contributed by atoms with Crippen molar-refractivity contribution in [1.82, 2.24) is 20.1 Å². The maximum atomic E-state index is 14.3. The van der Waals surface area contributed by atoms with Gasteiger partial charge in [0.25, 0.3) is 0 Å². The summed E-state index contributed by atoms with van der Waals surface area (Å²) in [7, 11) is 0. The summed E-state index contributed by atoms with van der Waals surface area (Å²) >= 11 is 0. The maximum absolute atomic E-state index is 14.3. The van der Waals surface area contributed by atoms with Crippen LogP contribution in [0.25, 0.3) is 0 Å². The third-order valence-corrected chi connectivity index (χ3v) is 10.2. The van der Waals surface area contributed by atoms with Gasteiger partial charge in [0, 0.05) is 31.0 Å². The number of amides is 2. The van der Waals surface area contributed by atoms with E-state index >= 15 is 0 Å². The zero-order valence-electron chi connectivity index (χ0n) is 25.9. The quantitative estimate of drug-likeness (QED) is 0.307. The molecule has 1 aromatic heterocycles. The number of benzene rings is 2. The molecule has 2 unspecified atom stereocenters. The molecular weight excluding hydrogens is 552 g/mol. The number of aryl methyl sites for hydroxylation is 2. The van der Waals surface area contributed by atoms with E-state index in [-0.39, 0.29) is 23.4 Å². The minimum absolute atomic E-state index is 0.0236. The van der Waals surface area contributed by atoms with Gasteiger partial charge in [-0.1, -0.05) is 74.6 Å². The minimum Gasteiger partial charge on any atom is -0.478 e. The summed E-state index contributed by atoms with van der Waals surface area (Å²) in [5.41, 5.74) is 4.65. The summed E-state index contributed by atoms with van der Waals surface area (Å²) in [5, 5.41) is 12.7. The lowest BCUT2D eigenvalue weighted by Crippen LogP contribution is -2.72. The molecule has 3 fully saturated rings. The van der Waals surface area contributed by atoms with E-state index in [4.69, 9.17) is 0 Å². The average Bonchev–Trinajstić information content (AvgIpc) is 3.37. The Morgan fingerprint density at radius 3 is 2.27 bits per heavy atom. The third-order valence-electron chi connectivity index (χ3n) is 10.2. The number of aromatic amines is 1. The highest BCUT2D eigenvalue weighted by Crippen LogP contribution is 2.41. The fourth-order valence-corrected chi connectivity index (χ4v) is 7.86. The van der Waals surface area contributed by atoms with E-state index in [1.807, 2.05) is 54.3 Å². The average molecular weight is 597 g/mol. The van der Waals surface area contributed by atoms with Gasteiger partial charge in [0.05, 0.1) is 11.6 Å². The number of carbonyl (C=O) groups is 3. The van der Waals surface area contributed by atoms with Crippen molar-refractivity contribution in [2.24, 2.45) is 5.92 Å². The Hall–Kier alpha value is -3.91. The molecule has 3 N–H and O–H groups in total. The number of piperazine rings is 1. The van der Waals surface area contributed by atoms with Gasteiger partial charge in [0.1, 0.15) is 11.6 Å². The summed E-state index contributed by atoms with van der Waals surface area (Å²) in [6.45, 7) is 5.76. The van der Waals surface area contributed by atoms with Crippen LogP contribution in [0, 0.1) is 19.8 Å². The summed E-state index contributed by atoms with van der Waals surface area (Å²) in [6.07, 6.45) is 7.70. The normalized spacial score (nSPS) is 21.8. The van der Waals surface area contributed by atoms with Crippen LogP contribution in [0.3, 0.4) is 0 Å². The molecule has 1 saturated carbocycles. The number of hydrogen-bond acceptors (Lipinski definition) is 4. The highest BCUT2D eigenvalue weighted by Gasteiger charge is 2.54. The standard InChI is InChI=1S/C36H44N4O4/c1-24-21-30(25(2)37-24)32(28-13-15-29(16-14-28)34(42)43)39-19-17-36(18-20-39)35(44)38-31(22-26-9-5-3-6-10-26)33(41)40(36)23-27-11-7-4-8-12-27/h4,7-8,11-16,21,26,31-32,37H,3,5-6,9-10,17-20,22-23H2,1-2H3,(H,38,44)(H,42,43). The van der Waals surface area contributed by atoms with Crippen molar-refractivity contribution < 1.29 is 19.5 Å². The lowest BCUT2D eigenvalue weighted by Gasteiger charge is -2.53. The molecule has 8 heteroatoms. The molecule has 2 aromatic carbocycles. The van der Waals surface area contributed by atoms with Crippen LogP contribution in [0.4, 0.5) is 0 Å². The third kappa shape index (κ3) is 5.92. The van der Waals surface area contributed by atoms with Crippen LogP contribution in [0.15, 0.2) is 60.7 Å². The van der Waals surface area contributed by atoms with Gasteiger partial charge in [-0.25, -0.2) is 4.79 Å². The van der Waals surface area contributed by atoms with Crippen molar-refractivity contribution in [3.05, 3.63) is 94.3 Å². The highest BCUT2D eigenvalue weighted by molar-refractivity contribution is 6.00. The number of nitrogens with zero attached hydrogens (tertiary/aromatic N) is 2. The molecule has 0 bridgehead atoms. The van der Waals surface area contributed by atoms with Crippen LogP contribution in [0.1, 0.15) is 95.8 Å². The molecule has 6 rings (SSSR count). The number of aromatic carboxylic acids is 1. The Morgan fingerprint density at radius 1 is 0.977 bits per heavy atom. The van der Waals surface area contributed by atoms with Crippen molar-refractivity contribution in [3.63, 3.8) is 0 Å². The second-order valence-electron chi connectivity index (χ2n) is 13.1. The van der Waals surface area contributed by atoms with Crippen LogP contribution in [-0.2, 0) is 16.1 Å². The number of carbonyl (C=O) groups excluding carboxylic acids is 2. The molecule has 44 heavy (non-hydrogen) atoms. The van der Waals surface area contributed by atoms with Crippen molar-refractivity contribution in [3.8, 4) is 0 Å². The number of aromatic nitrogens is 1. The van der Waals surface area contributed by atoms with Crippen LogP contribution in [0.2, 0.25) is 0 Å². The predicted octanol–water partition coefficient (Wildman–Crippen LogP) is 5.75. The first-order valence-electron chi connectivity index (χ1n) is 16.1. The first-order valence-corrected chi connectivity index (χ1v) is 16.1. The van der Waals surface area contributed by atoms with Crippen LogP contribution < -0.4 is 5.32 Å². The van der Waals surface area contributed by atoms with E-state index in [1.165, 1.54) is 19.3 Å². The number of rotatable bonds is 8. The van der Waals surface area contributed by atoms with E-state index in [2.05, 4.69) is 28.2 Å². The molecule has 8 nitrogen and oxygen atoms in total. The molecule has 1 aliphatic carbocycles. The number of piperidine rings is 1. The molecule has 3 heterocycles. The van der Waals surface area contributed by atoms with Crippen molar-refractivity contribution in [2.45, 2.75) is 89.4 Å². The first kappa shape index (κ1) is 30.1. The van der Waals surface area contributed by atoms with Gasteiger partial charge >= 0.3 is 5.97 Å². The van der Waals surface area contributed by atoms with Crippen LogP contribution in [-0.4, -0.2) is 62.3 Å². The summed E-state index contributed by atoms with van der Waals surface area (Å²) < 4.78 is 0. The smallest absolute Gasteiger partial charge is 0.335 e. The number of nitrogens with one attached hydrogen (secondary N) is 2. The molecule has 0 radical (unpaired) electrons. The Bertz CT molecular complexity index is 1480. The molecule has 2 atom stereocenters. The zero-order chi connectivity index (χ0) is 30.8. The molecule has 232 valence electrons. The summed E-state index contributed by atoms with van der Waals surface area (Å²) in [6, 6.07) is 18.7. The van der Waals surface area contributed by atoms with Crippen LogP contribution in [0.5, 0.6) is 0 Å². The van der Waals surface area contributed by atoms with E-state index in [9.17, 15) is 19.5 Å². The molecule has 1 spiro atoms. The maximum Gasteiger partial charge on any atom is 0.335 e. The van der Waals surface area contributed by atoms with Gasteiger partial charge < -0.3 is 20.3 Å². The van der Waals surface area contributed by atoms with Crippen molar-refractivity contribution >= 4 is 17.8 Å². The van der Waals surface area contributed by atoms with E-state index in [0.29, 0.717) is 38.4 Å². The lowest BCUT2D eigenvalue weighted by atomic mass is 9.78. The molecular formula is C36H44N4O4. The number of likely N-dealkylation sites (tertiary alicyclic amines) is 1. The topological polar surface area (TPSA) is 106 Å². The Labute approximate surface area is 259 Å². The monoisotopic (exact) mass is 596 g/mol. The molecule has 2 aliphatic heterocycles. The van der Waals surface area contributed by atoms with Gasteiger partial charge in [-0.3, -0.25) is 14.5 Å². The Kier molecular flexibility index (Phi) is 8.63. The number of hydrogen-bond donors (Lipinski definition) is 3. The number of carboxylic acid groups (broad SMARTS) is 1. The van der Waals surface area contributed by atoms with Gasteiger partial charge in [0.2, 0.25) is 11.8 Å². The van der Waals surface area contributed by atoms with E-state index in [1.54, 1.807) is 12.1 Å². The SMILES string of the molecule is Cc1cc(C(c2ccc(C(=O)O)cc2)N2CCC3(CC2)C(=O)NC(CC2CCCCC2)C(=O)N3Cc2ccccc2)c(C)[nH]1. The van der Waals surface area contributed by atoms with E-state index in [0.717, 1.165) is 47.3 Å². The second-order valence-corrected chi connectivity index (χ2v) is 13.1. The van der Waals surface area contributed by atoms with Crippen LogP contribution >= 0.6 is 0 Å². The van der Waals surface area contributed by atoms with Crippen molar-refractivity contribution in [1.29, 1.82) is 0 Å². The minimum atomic E-state index is -0.949. The largest absolute Gasteiger partial charge is 0.478 e. The predicted molar refractivity (Wildman–Crippen MR) is 169 cm³/mol. The molecule has 2 amide bonds. The molecule has 2 saturated heterocycles. The Morgan fingerprint density at radius 2 is 1.66 bits per heavy atom.